The van der Waals surface area contributed by atoms with Crippen molar-refractivity contribution >= 4 is 54.0 Å². The molecule has 5 N–H and O–H groups in total. The number of nitrogens with two attached hydrogens (primary N) is 1. The van der Waals surface area contributed by atoms with E-state index in [0.29, 0.717) is 23.8 Å². The summed E-state index contributed by atoms with van der Waals surface area (Å²) in [5.74, 6) is -1.12. The van der Waals surface area contributed by atoms with Gasteiger partial charge in [-0.25, -0.2) is 19.4 Å². The second-order valence-corrected chi connectivity index (χ2v) is 26.1. The molecule has 0 spiro atoms. The average Bonchev–Trinajstić information content (AvgIpc) is 4.05. The molecule has 6 aromatic heterocycles. The highest BCUT2D eigenvalue weighted by Crippen LogP contribution is 2.37. The zero-order valence-corrected chi connectivity index (χ0v) is 39.4. The van der Waals surface area contributed by atoms with Crippen LogP contribution in [-0.4, -0.2) is 81.2 Å². The first kappa shape index (κ1) is 45.5. The van der Waals surface area contributed by atoms with E-state index >= 15 is 0 Å². The Morgan fingerprint density at radius 2 is 1.52 bits per heavy atom. The van der Waals surface area contributed by atoms with Gasteiger partial charge in [-0.15, -0.1) is 22.7 Å². The maximum Gasteiger partial charge on any atom is 0.356 e. The number of nitrogen functional groups attached to an aromatic ring is 1. The first-order chi connectivity index (χ1) is 28.8. The molecule has 0 saturated heterocycles. The van der Waals surface area contributed by atoms with Gasteiger partial charge >= 0.3 is 5.97 Å². The quantitative estimate of drug-likeness (QED) is 0.0677. The monoisotopic (exact) mass is 888 g/mol. The van der Waals surface area contributed by atoms with E-state index in [1.807, 2.05) is 41.7 Å². The van der Waals surface area contributed by atoms with Crippen LogP contribution in [0.3, 0.4) is 0 Å². The zero-order chi connectivity index (χ0) is 44.1. The predicted octanol–water partition coefficient (Wildman–Crippen LogP) is 8.38. The Labute approximate surface area is 366 Å². The molecular formula is C42H60N12O4S2Si. The van der Waals surface area contributed by atoms with Gasteiger partial charge in [-0.05, 0) is 69.2 Å². The zero-order valence-electron chi connectivity index (χ0n) is 36.7. The Morgan fingerprint density at radius 3 is 2.10 bits per heavy atom. The van der Waals surface area contributed by atoms with E-state index in [9.17, 15) is 14.7 Å². The summed E-state index contributed by atoms with van der Waals surface area (Å²) in [4.78, 5) is 32.6. The number of carboxylic acid groups (broad SMARTS) is 1. The van der Waals surface area contributed by atoms with Crippen LogP contribution in [0.15, 0.2) is 47.9 Å². The Balaban J connectivity index is 0.000000161. The maximum atomic E-state index is 12.7. The molecule has 19 heteroatoms. The summed E-state index contributed by atoms with van der Waals surface area (Å²) < 4.78 is 11.1. The van der Waals surface area contributed by atoms with Crippen LogP contribution in [0, 0.1) is 10.8 Å². The number of aromatic amines is 1. The van der Waals surface area contributed by atoms with E-state index in [-0.39, 0.29) is 34.5 Å². The molecule has 328 valence electrons. The van der Waals surface area contributed by atoms with Gasteiger partial charge in [0.15, 0.2) is 11.4 Å². The third-order valence-corrected chi connectivity index (χ3v) is 14.6. The van der Waals surface area contributed by atoms with Gasteiger partial charge in [0.2, 0.25) is 0 Å². The van der Waals surface area contributed by atoms with Crippen molar-refractivity contribution in [3.8, 4) is 0 Å². The summed E-state index contributed by atoms with van der Waals surface area (Å²) in [6.07, 6.45) is 16.0. The number of hydrogen-bond acceptors (Lipinski definition) is 12. The number of amides is 1. The van der Waals surface area contributed by atoms with Crippen molar-refractivity contribution in [2.45, 2.75) is 125 Å². The number of thiazole rings is 2. The van der Waals surface area contributed by atoms with Gasteiger partial charge in [-0.2, -0.15) is 20.4 Å². The maximum absolute atomic E-state index is 12.7. The number of hydrogen-bond donors (Lipinski definition) is 4. The Kier molecular flexibility index (Phi) is 14.2. The first-order valence-corrected chi connectivity index (χ1v) is 26.2. The van der Waals surface area contributed by atoms with Crippen LogP contribution in [0.2, 0.25) is 25.7 Å². The van der Waals surface area contributed by atoms with E-state index in [4.69, 9.17) is 10.5 Å². The lowest BCUT2D eigenvalue weighted by molar-refractivity contribution is 0.0667. The van der Waals surface area contributed by atoms with Gasteiger partial charge in [-0.1, -0.05) is 47.3 Å². The lowest BCUT2D eigenvalue weighted by Gasteiger charge is -2.30. The molecule has 0 aromatic carbocycles. The van der Waals surface area contributed by atoms with Gasteiger partial charge < -0.3 is 20.9 Å². The van der Waals surface area contributed by atoms with Crippen molar-refractivity contribution in [2.75, 3.05) is 17.7 Å². The molecule has 0 fully saturated rings. The number of carboxylic acids is 1. The van der Waals surface area contributed by atoms with Gasteiger partial charge in [0.25, 0.3) is 5.91 Å². The van der Waals surface area contributed by atoms with E-state index in [2.05, 4.69) is 88.1 Å². The molecule has 0 saturated carbocycles. The minimum Gasteiger partial charge on any atom is -0.476 e. The SMILES string of the molecule is CC(c1nccs1)n1cc(N)cn1.CC(c1nccs1)n1cc(NC(=O)c2n[nH]c3c2CCC(C)(C)C3)cn1.CC1(C)CCc2c(C(=O)O)nn(COCC[Si](C)(C)C)c2C1. The number of nitrogens with zero attached hydrogens (tertiary/aromatic N) is 9. The summed E-state index contributed by atoms with van der Waals surface area (Å²) >= 11 is 3.21. The molecule has 0 aliphatic heterocycles. The van der Waals surface area contributed by atoms with Gasteiger partial charge in [0, 0.05) is 72.7 Å². The van der Waals surface area contributed by atoms with Crippen LogP contribution >= 0.6 is 22.7 Å². The number of aromatic nitrogens is 10. The van der Waals surface area contributed by atoms with Crippen molar-refractivity contribution < 1.29 is 19.4 Å². The first-order valence-electron chi connectivity index (χ1n) is 20.7. The summed E-state index contributed by atoms with van der Waals surface area (Å²) in [6, 6.07) is 1.30. The molecule has 2 aliphatic carbocycles. The van der Waals surface area contributed by atoms with E-state index in [1.54, 1.807) is 56.8 Å². The number of nitrogens with one attached hydrogen (secondary N) is 2. The summed E-state index contributed by atoms with van der Waals surface area (Å²) in [7, 11) is -1.11. The van der Waals surface area contributed by atoms with Crippen LogP contribution in [0.25, 0.3) is 0 Å². The number of rotatable bonds is 12. The molecule has 8 rings (SSSR count). The molecule has 2 unspecified atom stereocenters. The number of aromatic carboxylic acids is 1. The molecule has 61 heavy (non-hydrogen) atoms. The van der Waals surface area contributed by atoms with Gasteiger partial charge in [0.1, 0.15) is 28.8 Å². The Hall–Kier alpha value is -4.98. The number of carbonyl (C=O) groups excluding carboxylic acids is 1. The van der Waals surface area contributed by atoms with E-state index < -0.39 is 14.0 Å². The molecule has 1 amide bonds. The van der Waals surface area contributed by atoms with Crippen LogP contribution in [0.4, 0.5) is 11.4 Å². The molecule has 0 radical (unpaired) electrons. The van der Waals surface area contributed by atoms with Crippen molar-refractivity contribution in [3.63, 3.8) is 0 Å². The standard InChI is InChI=1S/C18H22N6OS.C16H28N2O3Si.C8H10N4S/c1-11(17-19-6-7-26-17)24-10-12(9-20-24)21-16(25)15-13-4-5-18(2,3)8-14(13)22-23-15;1-16(2)7-6-12-13(10-16)18(17-14(12)15(19)20)11-21-8-9-22(3,4)5;1-6(8-10-2-3-13-8)12-5-7(9)4-11-12/h6-7,9-11H,4-5,8H2,1-3H3,(H,21,25)(H,22,23);6-11H2,1-5H3,(H,19,20);2-6H,9H2,1H3. The molecule has 6 aromatic rings. The van der Waals surface area contributed by atoms with Crippen molar-refractivity contribution in [1.29, 1.82) is 0 Å². The Bertz CT molecular complexity index is 2370. The molecule has 2 atom stereocenters. The van der Waals surface area contributed by atoms with Gasteiger partial charge in [-0.3, -0.25) is 19.3 Å². The molecule has 0 bridgehead atoms. The van der Waals surface area contributed by atoms with Crippen LogP contribution < -0.4 is 11.1 Å². The third-order valence-electron chi connectivity index (χ3n) is 11.0. The highest BCUT2D eigenvalue weighted by molar-refractivity contribution is 7.09. The number of fused-ring (bicyclic) bond motifs is 2. The van der Waals surface area contributed by atoms with Crippen molar-refractivity contribution in [1.82, 2.24) is 49.5 Å². The lowest BCUT2D eigenvalue weighted by Crippen LogP contribution is -2.25. The molecule has 2 aliphatic rings. The topological polar surface area (TPSA) is 210 Å². The normalized spacial score (nSPS) is 16.2. The predicted molar refractivity (Wildman–Crippen MR) is 242 cm³/mol. The second kappa shape index (κ2) is 19.0. The molecule has 6 heterocycles. The van der Waals surface area contributed by atoms with Crippen molar-refractivity contribution in [2.24, 2.45) is 10.8 Å². The smallest absolute Gasteiger partial charge is 0.356 e. The highest BCUT2D eigenvalue weighted by Gasteiger charge is 2.33. The van der Waals surface area contributed by atoms with Crippen molar-refractivity contribution in [3.05, 3.63) is 91.9 Å². The van der Waals surface area contributed by atoms with Gasteiger partial charge in [0.05, 0.1) is 23.8 Å². The number of anilines is 2. The summed E-state index contributed by atoms with van der Waals surface area (Å²) in [5.41, 5.74) is 12.1. The fraction of sp³-hybridized carbons (Fsp3) is 0.524. The fourth-order valence-electron chi connectivity index (χ4n) is 7.32. The minimum atomic E-state index is -1.11. The fourth-order valence-corrected chi connectivity index (χ4v) is 9.45. The van der Waals surface area contributed by atoms with E-state index in [1.165, 1.54) is 0 Å². The van der Waals surface area contributed by atoms with Crippen LogP contribution in [0.1, 0.15) is 120 Å². The number of ether oxygens (including phenoxy) is 1. The lowest BCUT2D eigenvalue weighted by atomic mass is 9.76. The summed E-state index contributed by atoms with van der Waals surface area (Å²) in [5, 5.41) is 38.3. The average molecular weight is 889 g/mol. The minimum absolute atomic E-state index is 0.0287. The molecular weight excluding hydrogens is 829 g/mol. The molecule has 16 nitrogen and oxygen atoms in total. The van der Waals surface area contributed by atoms with E-state index in [0.717, 1.165) is 83.7 Å². The second-order valence-electron chi connectivity index (χ2n) is 18.6. The highest BCUT2D eigenvalue weighted by atomic mass is 32.1. The summed E-state index contributed by atoms with van der Waals surface area (Å²) in [6.45, 7) is 21.0. The van der Waals surface area contributed by atoms with Crippen LogP contribution in [-0.2, 0) is 37.2 Å². The Morgan fingerprint density at radius 1 is 0.918 bits per heavy atom. The largest absolute Gasteiger partial charge is 0.476 e. The van der Waals surface area contributed by atoms with Crippen LogP contribution in [0.5, 0.6) is 0 Å². The number of carbonyl (C=O) groups is 2. The third kappa shape index (κ3) is 11.9. The number of H-pyrrole nitrogens is 1.